The molecule has 0 aliphatic heterocycles. The summed E-state index contributed by atoms with van der Waals surface area (Å²) in [4.78, 5) is 36.2. The fourth-order valence-electron chi connectivity index (χ4n) is 0. The van der Waals surface area contributed by atoms with E-state index in [1.807, 2.05) is 0 Å². The van der Waals surface area contributed by atoms with Crippen LogP contribution in [0.15, 0.2) is 0 Å². The molecular weight excluding hydrogens is 299 g/mol. The molecule has 0 N–H and O–H groups in total. The van der Waals surface area contributed by atoms with Gasteiger partial charge < -0.3 is 19.2 Å². The van der Waals surface area contributed by atoms with Crippen LogP contribution in [0.5, 0.6) is 0 Å². The second-order valence-corrected chi connectivity index (χ2v) is 1.99. The van der Waals surface area contributed by atoms with Crippen molar-refractivity contribution >= 4 is 25.1 Å². The molecule has 4 nitrogen and oxygen atoms in total. The second kappa shape index (κ2) is 57.7. The Kier molecular flexibility index (Phi) is 102. The van der Waals surface area contributed by atoms with Crippen molar-refractivity contribution < 1.29 is 45.4 Å². The van der Waals surface area contributed by atoms with Crippen LogP contribution < -0.4 is 0 Å². The zero-order valence-corrected chi connectivity index (χ0v) is 13.4. The van der Waals surface area contributed by atoms with E-state index >= 15 is 0 Å². The van der Waals surface area contributed by atoms with Crippen molar-refractivity contribution in [1.82, 2.24) is 0 Å². The molecule has 0 heterocycles. The Hall–Kier alpha value is -0.437. The Balaban J connectivity index is -0.0000000369. The van der Waals surface area contributed by atoms with E-state index in [-0.39, 0.29) is 26.2 Å². The van der Waals surface area contributed by atoms with Crippen LogP contribution in [0.3, 0.4) is 0 Å². The smallest absolute Gasteiger partial charge is 0.542 e. The molecule has 5 heteroatoms. The molecule has 0 fully saturated rings. The largest absolute Gasteiger partial charge is 4.00 e. The predicted molar refractivity (Wildman–Crippen MR) is 63.9 cm³/mol. The Morgan fingerprint density at radius 1 is 0.529 bits per heavy atom. The average molecular weight is 320 g/mol. The standard InChI is InChI=1S/4C3H5O.Zr/c4*1-2-3-4;/h4*2H2,1H3;/q4*-1;+4. The summed E-state index contributed by atoms with van der Waals surface area (Å²) in [5.41, 5.74) is 0. The monoisotopic (exact) mass is 318 g/mol. The third-order valence-electron chi connectivity index (χ3n) is 0.577. The molecule has 0 saturated heterocycles. The molecular formula is C12H20O4Zr. The summed E-state index contributed by atoms with van der Waals surface area (Å²) < 4.78 is 0. The van der Waals surface area contributed by atoms with Gasteiger partial charge in [-0.25, -0.2) is 0 Å². The van der Waals surface area contributed by atoms with E-state index < -0.39 is 0 Å². The quantitative estimate of drug-likeness (QED) is 0.744. The number of rotatable bonds is 4. The average Bonchev–Trinajstić information content (AvgIpc) is 2.39. The van der Waals surface area contributed by atoms with Crippen LogP contribution in [-0.2, 0) is 45.4 Å². The fourth-order valence-corrected chi connectivity index (χ4v) is 0. The van der Waals surface area contributed by atoms with Crippen LogP contribution in [0.25, 0.3) is 0 Å². The third kappa shape index (κ3) is 226. The van der Waals surface area contributed by atoms with E-state index in [4.69, 9.17) is 19.2 Å². The number of hydrogen-bond donors (Lipinski definition) is 0. The van der Waals surface area contributed by atoms with Crippen LogP contribution in [0.2, 0.25) is 0 Å². The maximum atomic E-state index is 9.05. The third-order valence-corrected chi connectivity index (χ3v) is 0.577. The van der Waals surface area contributed by atoms with Crippen LogP contribution in [-0.4, -0.2) is 25.1 Å². The molecule has 0 aromatic heterocycles. The van der Waals surface area contributed by atoms with Crippen LogP contribution in [0.1, 0.15) is 53.4 Å². The molecule has 0 atom stereocenters. The molecule has 96 valence electrons. The molecule has 0 bridgehead atoms. The number of carbonyl (C=O) groups excluding carboxylic acids is 4. The summed E-state index contributed by atoms with van der Waals surface area (Å²) in [5, 5.41) is 0. The van der Waals surface area contributed by atoms with Gasteiger partial charge in [0.25, 0.3) is 0 Å². The first-order valence-corrected chi connectivity index (χ1v) is 5.06. The maximum Gasteiger partial charge on any atom is 4.00 e. The minimum Gasteiger partial charge on any atom is -0.542 e. The topological polar surface area (TPSA) is 68.3 Å². The molecule has 0 aromatic carbocycles. The Morgan fingerprint density at radius 2 is 0.588 bits per heavy atom. The zero-order chi connectivity index (χ0) is 13.7. The van der Waals surface area contributed by atoms with Gasteiger partial charge in [0.05, 0.1) is 0 Å². The van der Waals surface area contributed by atoms with Gasteiger partial charge in [0.15, 0.2) is 0 Å². The second-order valence-electron chi connectivity index (χ2n) is 1.99. The molecule has 0 saturated carbocycles. The molecule has 0 aromatic rings. The predicted octanol–water partition coefficient (Wildman–Crippen LogP) is 2.02. The van der Waals surface area contributed by atoms with Gasteiger partial charge in [0.1, 0.15) is 0 Å². The SMILES string of the molecule is CC[C-]=O.CC[C-]=O.CC[C-]=O.CC[C-]=O.[Zr+4]. The summed E-state index contributed by atoms with van der Waals surface area (Å²) in [7, 11) is 0. The molecule has 0 aliphatic carbocycles. The van der Waals surface area contributed by atoms with Gasteiger partial charge in [-0.05, 0) is 0 Å². The van der Waals surface area contributed by atoms with Crippen molar-refractivity contribution in [1.29, 1.82) is 0 Å². The van der Waals surface area contributed by atoms with Crippen molar-refractivity contribution in [3.05, 3.63) is 0 Å². The van der Waals surface area contributed by atoms with E-state index in [0.29, 0.717) is 25.7 Å². The van der Waals surface area contributed by atoms with Gasteiger partial charge in [0, 0.05) is 0 Å². The maximum absolute atomic E-state index is 9.05. The first-order chi connectivity index (χ1) is 7.66. The first-order valence-electron chi connectivity index (χ1n) is 5.06. The van der Waals surface area contributed by atoms with Gasteiger partial charge in [-0.3, -0.25) is 25.1 Å². The summed E-state index contributed by atoms with van der Waals surface area (Å²) in [6.07, 6.45) is 8.78. The molecule has 0 rings (SSSR count). The van der Waals surface area contributed by atoms with Crippen LogP contribution in [0.4, 0.5) is 0 Å². The number of hydrogen-bond acceptors (Lipinski definition) is 4. The molecule has 0 spiro atoms. The van der Waals surface area contributed by atoms with E-state index in [1.54, 1.807) is 52.8 Å². The van der Waals surface area contributed by atoms with Crippen molar-refractivity contribution in [3.63, 3.8) is 0 Å². The van der Waals surface area contributed by atoms with Gasteiger partial charge in [-0.2, -0.15) is 25.7 Å². The Bertz CT molecular complexity index is 106. The molecule has 0 aliphatic rings. The van der Waals surface area contributed by atoms with Crippen LogP contribution >= 0.6 is 0 Å². The van der Waals surface area contributed by atoms with E-state index in [9.17, 15) is 0 Å². The van der Waals surface area contributed by atoms with Crippen molar-refractivity contribution in [2.75, 3.05) is 0 Å². The first kappa shape index (κ1) is 30.0. The molecule has 0 unspecified atom stereocenters. The Morgan fingerprint density at radius 3 is 0.588 bits per heavy atom. The van der Waals surface area contributed by atoms with E-state index in [0.717, 1.165) is 0 Å². The van der Waals surface area contributed by atoms with E-state index in [1.165, 1.54) is 0 Å². The summed E-state index contributed by atoms with van der Waals surface area (Å²) >= 11 is 0. The van der Waals surface area contributed by atoms with E-state index in [2.05, 4.69) is 0 Å². The summed E-state index contributed by atoms with van der Waals surface area (Å²) in [6.45, 7) is 7.03. The fraction of sp³-hybridized carbons (Fsp3) is 0.667. The minimum absolute atomic E-state index is 0. The zero-order valence-electron chi connectivity index (χ0n) is 11.0. The van der Waals surface area contributed by atoms with Gasteiger partial charge in [-0.1, -0.05) is 27.7 Å². The van der Waals surface area contributed by atoms with Gasteiger partial charge in [0.2, 0.25) is 0 Å². The summed E-state index contributed by atoms with van der Waals surface area (Å²) in [6, 6.07) is 0. The van der Waals surface area contributed by atoms with Gasteiger partial charge in [-0.15, -0.1) is 0 Å². The van der Waals surface area contributed by atoms with Crippen molar-refractivity contribution in [2.45, 2.75) is 53.4 Å². The summed E-state index contributed by atoms with van der Waals surface area (Å²) in [5.74, 6) is 0. The Labute approximate surface area is 124 Å². The molecule has 0 amide bonds. The molecule has 17 heavy (non-hydrogen) atoms. The molecule has 0 radical (unpaired) electrons. The van der Waals surface area contributed by atoms with Crippen molar-refractivity contribution in [3.8, 4) is 0 Å². The van der Waals surface area contributed by atoms with Crippen LogP contribution in [0, 0.1) is 0 Å². The van der Waals surface area contributed by atoms with Gasteiger partial charge >= 0.3 is 26.2 Å². The minimum atomic E-state index is 0. The van der Waals surface area contributed by atoms with Crippen molar-refractivity contribution in [2.24, 2.45) is 0 Å². The normalized spacial score (nSPS) is 5.88.